The summed E-state index contributed by atoms with van der Waals surface area (Å²) < 4.78 is 0. The Hall–Kier alpha value is -1.88. The van der Waals surface area contributed by atoms with E-state index in [4.69, 9.17) is 5.73 Å². The molecule has 0 saturated carbocycles. The highest BCUT2D eigenvalue weighted by molar-refractivity contribution is 5.99. The van der Waals surface area contributed by atoms with E-state index in [9.17, 15) is 9.59 Å². The maximum atomic E-state index is 12.7. The molecule has 5 nitrogen and oxygen atoms in total. The lowest BCUT2D eigenvalue weighted by molar-refractivity contribution is 0.0575. The van der Waals surface area contributed by atoms with Crippen molar-refractivity contribution in [1.29, 1.82) is 0 Å². The van der Waals surface area contributed by atoms with E-state index in [0.29, 0.717) is 17.0 Å². The largest absolute Gasteiger partial charge is 0.366 e. The minimum Gasteiger partial charge on any atom is -0.366 e. The molecule has 3 N–H and O–H groups in total. The van der Waals surface area contributed by atoms with Crippen LogP contribution in [0.1, 0.15) is 33.6 Å². The Morgan fingerprint density at radius 3 is 2.85 bits per heavy atom. The maximum Gasteiger partial charge on any atom is 0.254 e. The number of carbonyl (C=O) groups is 2. The summed E-state index contributed by atoms with van der Waals surface area (Å²) in [7, 11) is 0. The zero-order valence-corrected chi connectivity index (χ0v) is 11.3. The predicted molar refractivity (Wildman–Crippen MR) is 75.4 cm³/mol. The van der Waals surface area contributed by atoms with Gasteiger partial charge in [-0.1, -0.05) is 6.07 Å². The molecule has 0 bridgehead atoms. The van der Waals surface area contributed by atoms with Gasteiger partial charge in [0.15, 0.2) is 0 Å². The van der Waals surface area contributed by atoms with Crippen LogP contribution in [0.25, 0.3) is 0 Å². The predicted octanol–water partition coefficient (Wildman–Crippen LogP) is 0.610. The highest BCUT2D eigenvalue weighted by Crippen LogP contribution is 2.27. The molecule has 2 fully saturated rings. The summed E-state index contributed by atoms with van der Waals surface area (Å²) in [6, 6.07) is 6.97. The molecule has 5 heteroatoms. The number of primary amides is 1. The Morgan fingerprint density at radius 1 is 1.25 bits per heavy atom. The van der Waals surface area contributed by atoms with Crippen molar-refractivity contribution in [2.24, 2.45) is 11.7 Å². The quantitative estimate of drug-likeness (QED) is 0.829. The second kappa shape index (κ2) is 5.25. The van der Waals surface area contributed by atoms with Crippen LogP contribution in [-0.2, 0) is 0 Å². The fourth-order valence-corrected chi connectivity index (χ4v) is 3.29. The van der Waals surface area contributed by atoms with E-state index in [1.54, 1.807) is 24.3 Å². The number of nitrogens with two attached hydrogens (primary N) is 1. The lowest BCUT2D eigenvalue weighted by Crippen LogP contribution is -2.48. The van der Waals surface area contributed by atoms with Gasteiger partial charge in [-0.3, -0.25) is 9.59 Å². The Morgan fingerprint density at radius 2 is 2.05 bits per heavy atom. The van der Waals surface area contributed by atoms with Crippen molar-refractivity contribution < 1.29 is 9.59 Å². The number of fused-ring (bicyclic) bond motifs is 1. The van der Waals surface area contributed by atoms with Crippen LogP contribution in [0.15, 0.2) is 24.3 Å². The number of likely N-dealkylation sites (tertiary alicyclic amines) is 1. The van der Waals surface area contributed by atoms with Crippen molar-refractivity contribution in [3.8, 4) is 0 Å². The summed E-state index contributed by atoms with van der Waals surface area (Å²) in [5.74, 6) is 0.0669. The maximum absolute atomic E-state index is 12.7. The van der Waals surface area contributed by atoms with Gasteiger partial charge in [-0.2, -0.15) is 0 Å². The molecule has 0 aliphatic carbocycles. The SMILES string of the molecule is NC(=O)c1cccc(C(=O)N2CCCC3CNCC32)c1. The molecule has 3 rings (SSSR count). The summed E-state index contributed by atoms with van der Waals surface area (Å²) in [5, 5.41) is 3.36. The zero-order chi connectivity index (χ0) is 14.1. The van der Waals surface area contributed by atoms with E-state index in [0.717, 1.165) is 26.1 Å². The van der Waals surface area contributed by atoms with Crippen LogP contribution >= 0.6 is 0 Å². The van der Waals surface area contributed by atoms with E-state index in [1.807, 2.05) is 4.90 Å². The van der Waals surface area contributed by atoms with Gasteiger partial charge in [-0.05, 0) is 37.0 Å². The van der Waals surface area contributed by atoms with Crippen molar-refractivity contribution in [2.45, 2.75) is 18.9 Å². The molecule has 2 aliphatic rings. The van der Waals surface area contributed by atoms with Crippen LogP contribution in [0.3, 0.4) is 0 Å². The van der Waals surface area contributed by atoms with Crippen LogP contribution < -0.4 is 11.1 Å². The summed E-state index contributed by atoms with van der Waals surface area (Å²) >= 11 is 0. The van der Waals surface area contributed by atoms with Gasteiger partial charge in [0.25, 0.3) is 5.91 Å². The minimum atomic E-state index is -0.501. The number of rotatable bonds is 2. The average Bonchev–Trinajstić information content (AvgIpc) is 2.95. The number of carbonyl (C=O) groups excluding carboxylic acids is 2. The normalized spacial score (nSPS) is 25.3. The van der Waals surface area contributed by atoms with Crippen LogP contribution in [-0.4, -0.2) is 42.4 Å². The van der Waals surface area contributed by atoms with Crippen LogP contribution in [0.2, 0.25) is 0 Å². The fourth-order valence-electron chi connectivity index (χ4n) is 3.29. The molecule has 1 aromatic rings. The lowest BCUT2D eigenvalue weighted by Gasteiger charge is -2.37. The van der Waals surface area contributed by atoms with Gasteiger partial charge in [0, 0.05) is 36.8 Å². The number of amides is 2. The van der Waals surface area contributed by atoms with Crippen LogP contribution in [0.5, 0.6) is 0 Å². The van der Waals surface area contributed by atoms with Gasteiger partial charge in [0.2, 0.25) is 5.91 Å². The Balaban J connectivity index is 1.84. The molecule has 0 radical (unpaired) electrons. The summed E-state index contributed by atoms with van der Waals surface area (Å²) in [6.45, 7) is 2.66. The van der Waals surface area contributed by atoms with Crippen molar-refractivity contribution in [3.63, 3.8) is 0 Å². The molecule has 2 heterocycles. The fraction of sp³-hybridized carbons (Fsp3) is 0.467. The van der Waals surface area contributed by atoms with E-state index in [1.165, 1.54) is 6.42 Å². The third-order valence-electron chi connectivity index (χ3n) is 4.33. The van der Waals surface area contributed by atoms with Gasteiger partial charge in [-0.15, -0.1) is 0 Å². The second-order valence-electron chi connectivity index (χ2n) is 5.57. The molecular formula is C15H19N3O2. The van der Waals surface area contributed by atoms with E-state index >= 15 is 0 Å². The molecule has 1 aromatic carbocycles. The first-order valence-corrected chi connectivity index (χ1v) is 7.08. The smallest absolute Gasteiger partial charge is 0.254 e. The topological polar surface area (TPSA) is 75.4 Å². The highest BCUT2D eigenvalue weighted by Gasteiger charge is 2.37. The van der Waals surface area contributed by atoms with E-state index < -0.39 is 5.91 Å². The Kier molecular flexibility index (Phi) is 3.44. The van der Waals surface area contributed by atoms with Gasteiger partial charge in [-0.25, -0.2) is 0 Å². The third kappa shape index (κ3) is 2.29. The molecule has 2 atom stereocenters. The second-order valence-corrected chi connectivity index (χ2v) is 5.57. The van der Waals surface area contributed by atoms with Gasteiger partial charge < -0.3 is 16.0 Å². The molecule has 106 valence electrons. The van der Waals surface area contributed by atoms with Gasteiger partial charge in [0.05, 0.1) is 0 Å². The standard InChI is InChI=1S/C15H19N3O2/c16-14(19)10-3-1-4-11(7-10)15(20)18-6-2-5-12-8-17-9-13(12)18/h1,3-4,7,12-13,17H,2,5-6,8-9H2,(H2,16,19). The molecule has 20 heavy (non-hydrogen) atoms. The molecule has 2 amide bonds. The molecule has 0 aromatic heterocycles. The molecule has 2 aliphatic heterocycles. The molecule has 0 spiro atoms. The third-order valence-corrected chi connectivity index (χ3v) is 4.33. The van der Waals surface area contributed by atoms with Crippen molar-refractivity contribution in [1.82, 2.24) is 10.2 Å². The highest BCUT2D eigenvalue weighted by atomic mass is 16.2. The molecule has 2 saturated heterocycles. The number of benzene rings is 1. The Bertz CT molecular complexity index is 544. The molecular weight excluding hydrogens is 254 g/mol. The first kappa shape index (κ1) is 13.1. The average molecular weight is 273 g/mol. The minimum absolute atomic E-state index is 0.00602. The summed E-state index contributed by atoms with van der Waals surface area (Å²) in [6.07, 6.45) is 2.23. The first-order valence-electron chi connectivity index (χ1n) is 7.08. The number of hydrogen-bond acceptors (Lipinski definition) is 3. The number of nitrogens with zero attached hydrogens (tertiary/aromatic N) is 1. The van der Waals surface area contributed by atoms with Gasteiger partial charge >= 0.3 is 0 Å². The number of nitrogens with one attached hydrogen (secondary N) is 1. The van der Waals surface area contributed by atoms with E-state index in [-0.39, 0.29) is 11.9 Å². The monoisotopic (exact) mass is 273 g/mol. The Labute approximate surface area is 118 Å². The lowest BCUT2D eigenvalue weighted by atomic mass is 9.91. The number of hydrogen-bond donors (Lipinski definition) is 2. The summed E-state index contributed by atoms with van der Waals surface area (Å²) in [5.41, 5.74) is 6.21. The van der Waals surface area contributed by atoms with Gasteiger partial charge in [0.1, 0.15) is 0 Å². The van der Waals surface area contributed by atoms with Crippen molar-refractivity contribution in [2.75, 3.05) is 19.6 Å². The van der Waals surface area contributed by atoms with Crippen molar-refractivity contribution in [3.05, 3.63) is 35.4 Å². The first-order chi connectivity index (χ1) is 9.66. The number of piperidine rings is 1. The zero-order valence-electron chi connectivity index (χ0n) is 11.3. The van der Waals surface area contributed by atoms with E-state index in [2.05, 4.69) is 5.32 Å². The molecule has 2 unspecified atom stereocenters. The van der Waals surface area contributed by atoms with Crippen molar-refractivity contribution >= 4 is 11.8 Å². The van der Waals surface area contributed by atoms with Crippen LogP contribution in [0.4, 0.5) is 0 Å². The van der Waals surface area contributed by atoms with Crippen LogP contribution in [0, 0.1) is 5.92 Å². The summed E-state index contributed by atoms with van der Waals surface area (Å²) in [4.78, 5) is 25.8.